The van der Waals surface area contributed by atoms with Crippen molar-refractivity contribution >= 4 is 65.0 Å². The highest BCUT2D eigenvalue weighted by Crippen LogP contribution is 2.41. The van der Waals surface area contributed by atoms with E-state index in [1.165, 1.54) is 26.9 Å². The number of hydrogen-bond acceptors (Lipinski definition) is 4. The molecule has 0 spiro atoms. The number of nitrogens with zero attached hydrogens (tertiary/aromatic N) is 3. The minimum absolute atomic E-state index is 0.596. The summed E-state index contributed by atoms with van der Waals surface area (Å²) in [5.74, 6) is 1.84. The number of aromatic nitrogens is 3. The molecule has 0 atom stereocenters. The van der Waals surface area contributed by atoms with E-state index in [-0.39, 0.29) is 0 Å². The van der Waals surface area contributed by atoms with E-state index >= 15 is 0 Å². The summed E-state index contributed by atoms with van der Waals surface area (Å²) < 4.78 is 6.46. The fourth-order valence-corrected chi connectivity index (χ4v) is 7.94. The highest BCUT2D eigenvalue weighted by atomic mass is 16.3. The molecule has 246 valence electrons. The van der Waals surface area contributed by atoms with Gasteiger partial charge in [0.2, 0.25) is 0 Å². The zero-order valence-corrected chi connectivity index (χ0v) is 28.5. The van der Waals surface area contributed by atoms with Crippen LogP contribution in [0.4, 0.5) is 0 Å². The molecule has 4 heteroatoms. The molecule has 0 aliphatic rings. The zero-order chi connectivity index (χ0) is 34.9. The van der Waals surface area contributed by atoms with Gasteiger partial charge in [0.05, 0.1) is 0 Å². The predicted octanol–water partition coefficient (Wildman–Crippen LogP) is 13.1. The van der Waals surface area contributed by atoms with Crippen LogP contribution in [0.5, 0.6) is 0 Å². The van der Waals surface area contributed by atoms with Crippen molar-refractivity contribution in [2.24, 2.45) is 0 Å². The lowest BCUT2D eigenvalue weighted by atomic mass is 9.93. The summed E-state index contributed by atoms with van der Waals surface area (Å²) in [6.45, 7) is 0. The second-order valence-electron chi connectivity index (χ2n) is 13.6. The van der Waals surface area contributed by atoms with Gasteiger partial charge in [0.25, 0.3) is 0 Å². The Morgan fingerprint density at radius 2 is 0.962 bits per heavy atom. The normalized spacial score (nSPS) is 11.8. The summed E-state index contributed by atoms with van der Waals surface area (Å²) in [7, 11) is 0. The van der Waals surface area contributed by atoms with Crippen molar-refractivity contribution in [3.8, 4) is 45.3 Å². The second-order valence-corrected chi connectivity index (χ2v) is 13.6. The van der Waals surface area contributed by atoms with Crippen LogP contribution in [0.2, 0.25) is 0 Å². The van der Waals surface area contributed by atoms with E-state index in [4.69, 9.17) is 19.4 Å². The molecular formula is C49H29N3O. The van der Waals surface area contributed by atoms with Crippen LogP contribution >= 0.6 is 0 Å². The van der Waals surface area contributed by atoms with Crippen LogP contribution in [0, 0.1) is 0 Å². The van der Waals surface area contributed by atoms with E-state index in [1.807, 2.05) is 18.2 Å². The Hall–Kier alpha value is -7.17. The lowest BCUT2D eigenvalue weighted by Crippen LogP contribution is -2.01. The molecule has 0 aliphatic carbocycles. The van der Waals surface area contributed by atoms with Crippen molar-refractivity contribution in [1.29, 1.82) is 0 Å². The van der Waals surface area contributed by atoms with E-state index in [1.54, 1.807) is 0 Å². The quantitative estimate of drug-likeness (QED) is 0.174. The molecule has 11 rings (SSSR count). The smallest absolute Gasteiger partial charge is 0.164 e. The van der Waals surface area contributed by atoms with Crippen LogP contribution in [-0.4, -0.2) is 15.0 Å². The lowest BCUT2D eigenvalue weighted by molar-refractivity contribution is 0.669. The summed E-state index contributed by atoms with van der Waals surface area (Å²) in [5.41, 5.74) is 6.68. The van der Waals surface area contributed by atoms with Crippen molar-refractivity contribution in [3.05, 3.63) is 176 Å². The Morgan fingerprint density at radius 3 is 1.83 bits per heavy atom. The standard InChI is InChI=1S/C49H29N3O/c1-2-11-30(12-3-1)34-24-26-44-43(28-34)46-40(19-10-20-45(46)53-44)48-50-47(35-22-21-31-13-4-5-15-33(31)27-35)51-49(52-48)42-29-41-36-16-7-6-14-32(36)23-25-39(41)37-17-8-9-18-38(37)42/h1-29H. The zero-order valence-electron chi connectivity index (χ0n) is 28.5. The van der Waals surface area contributed by atoms with Crippen molar-refractivity contribution < 1.29 is 4.42 Å². The van der Waals surface area contributed by atoms with Crippen LogP contribution in [0.3, 0.4) is 0 Å². The van der Waals surface area contributed by atoms with Crippen molar-refractivity contribution in [1.82, 2.24) is 15.0 Å². The summed E-state index contributed by atoms with van der Waals surface area (Å²) in [4.78, 5) is 15.9. The van der Waals surface area contributed by atoms with Crippen molar-refractivity contribution in [3.63, 3.8) is 0 Å². The van der Waals surface area contributed by atoms with Gasteiger partial charge in [-0.05, 0) is 84.5 Å². The van der Waals surface area contributed by atoms with E-state index in [0.717, 1.165) is 65.9 Å². The Labute approximate surface area is 304 Å². The van der Waals surface area contributed by atoms with Gasteiger partial charge in [0.1, 0.15) is 11.2 Å². The van der Waals surface area contributed by atoms with Gasteiger partial charge in [-0.1, -0.05) is 146 Å². The number of fused-ring (bicyclic) bond motifs is 9. The molecule has 0 radical (unpaired) electrons. The van der Waals surface area contributed by atoms with Gasteiger partial charge >= 0.3 is 0 Å². The van der Waals surface area contributed by atoms with Crippen LogP contribution < -0.4 is 0 Å². The molecule has 4 nitrogen and oxygen atoms in total. The fourth-order valence-electron chi connectivity index (χ4n) is 7.94. The SMILES string of the molecule is c1ccc(-c2ccc3oc4cccc(-c5nc(-c6ccc7ccccc7c6)nc(-c6cc7c8ccccc8ccc7c7ccccc67)n5)c4c3c2)cc1. The Bertz CT molecular complexity index is 3240. The van der Waals surface area contributed by atoms with Crippen LogP contribution in [0.1, 0.15) is 0 Å². The van der Waals surface area contributed by atoms with Crippen molar-refractivity contribution in [2.45, 2.75) is 0 Å². The molecule has 0 bridgehead atoms. The first-order chi connectivity index (χ1) is 26.2. The summed E-state index contributed by atoms with van der Waals surface area (Å²) >= 11 is 0. The molecular weight excluding hydrogens is 647 g/mol. The largest absolute Gasteiger partial charge is 0.456 e. The van der Waals surface area contributed by atoms with Crippen LogP contribution in [-0.2, 0) is 0 Å². The van der Waals surface area contributed by atoms with E-state index in [0.29, 0.717) is 17.5 Å². The molecule has 0 saturated heterocycles. The molecule has 0 fully saturated rings. The predicted molar refractivity (Wildman–Crippen MR) is 219 cm³/mol. The molecule has 0 amide bonds. The van der Waals surface area contributed by atoms with Crippen LogP contribution in [0.25, 0.3) is 110 Å². The molecule has 0 saturated carbocycles. The number of hydrogen-bond donors (Lipinski definition) is 0. The first-order valence-electron chi connectivity index (χ1n) is 17.9. The number of benzene rings is 9. The first kappa shape index (κ1) is 29.5. The molecule has 53 heavy (non-hydrogen) atoms. The third-order valence-electron chi connectivity index (χ3n) is 10.5. The third kappa shape index (κ3) is 4.80. The average Bonchev–Trinajstić information content (AvgIpc) is 3.61. The molecule has 0 N–H and O–H groups in total. The number of rotatable bonds is 4. The van der Waals surface area contributed by atoms with Gasteiger partial charge in [-0.3, -0.25) is 0 Å². The third-order valence-corrected chi connectivity index (χ3v) is 10.5. The lowest BCUT2D eigenvalue weighted by Gasteiger charge is -2.14. The van der Waals surface area contributed by atoms with Gasteiger partial charge in [-0.15, -0.1) is 0 Å². The maximum absolute atomic E-state index is 6.46. The fraction of sp³-hybridized carbons (Fsp3) is 0. The average molecular weight is 676 g/mol. The monoisotopic (exact) mass is 675 g/mol. The van der Waals surface area contributed by atoms with Gasteiger partial charge in [0.15, 0.2) is 17.5 Å². The summed E-state index contributed by atoms with van der Waals surface area (Å²) in [6, 6.07) is 61.6. The molecule has 0 aliphatic heterocycles. The van der Waals surface area contributed by atoms with Gasteiger partial charge < -0.3 is 4.42 Å². The number of furan rings is 1. The molecule has 9 aromatic carbocycles. The minimum Gasteiger partial charge on any atom is -0.456 e. The summed E-state index contributed by atoms with van der Waals surface area (Å²) in [5, 5.41) is 11.3. The summed E-state index contributed by atoms with van der Waals surface area (Å²) in [6.07, 6.45) is 0. The Balaban J connectivity index is 1.22. The first-order valence-corrected chi connectivity index (χ1v) is 17.9. The molecule has 11 aromatic rings. The van der Waals surface area contributed by atoms with E-state index in [2.05, 4.69) is 158 Å². The highest BCUT2D eigenvalue weighted by molar-refractivity contribution is 6.21. The van der Waals surface area contributed by atoms with E-state index < -0.39 is 0 Å². The highest BCUT2D eigenvalue weighted by Gasteiger charge is 2.20. The molecule has 2 aromatic heterocycles. The van der Waals surface area contributed by atoms with Gasteiger partial charge in [-0.25, -0.2) is 15.0 Å². The molecule has 2 heterocycles. The van der Waals surface area contributed by atoms with E-state index in [9.17, 15) is 0 Å². The van der Waals surface area contributed by atoms with Gasteiger partial charge in [-0.2, -0.15) is 0 Å². The maximum atomic E-state index is 6.46. The van der Waals surface area contributed by atoms with Crippen LogP contribution in [0.15, 0.2) is 180 Å². The Kier molecular flexibility index (Phi) is 6.52. The maximum Gasteiger partial charge on any atom is 0.164 e. The second kappa shape index (κ2) is 11.7. The van der Waals surface area contributed by atoms with Crippen molar-refractivity contribution in [2.75, 3.05) is 0 Å². The molecule has 0 unspecified atom stereocenters. The Morgan fingerprint density at radius 1 is 0.302 bits per heavy atom. The minimum atomic E-state index is 0.596. The van der Waals surface area contributed by atoms with Gasteiger partial charge in [0, 0.05) is 27.5 Å². The topological polar surface area (TPSA) is 51.8 Å².